The zero-order chi connectivity index (χ0) is 17.6. The molecular weight excluding hydrogens is 314 g/mol. The Morgan fingerprint density at radius 2 is 2.08 bits per heavy atom. The summed E-state index contributed by atoms with van der Waals surface area (Å²) in [5.74, 6) is 0.603. The van der Waals surface area contributed by atoms with Gasteiger partial charge >= 0.3 is 6.03 Å². The van der Waals surface area contributed by atoms with E-state index in [0.717, 1.165) is 44.5 Å². The first-order valence-electron chi connectivity index (χ1n) is 9.60. The van der Waals surface area contributed by atoms with Gasteiger partial charge in [0.1, 0.15) is 0 Å². The Labute approximate surface area is 151 Å². The molecule has 0 bridgehead atoms. The predicted octanol–water partition coefficient (Wildman–Crippen LogP) is 2.63. The third-order valence-corrected chi connectivity index (χ3v) is 5.68. The van der Waals surface area contributed by atoms with Gasteiger partial charge in [-0.1, -0.05) is 30.3 Å². The van der Waals surface area contributed by atoms with Crippen molar-refractivity contribution in [1.29, 1.82) is 0 Å². The van der Waals surface area contributed by atoms with Crippen molar-refractivity contribution in [3.63, 3.8) is 0 Å². The lowest BCUT2D eigenvalue weighted by Crippen LogP contribution is -2.57. The molecule has 3 atom stereocenters. The van der Waals surface area contributed by atoms with E-state index < -0.39 is 0 Å². The average Bonchev–Trinajstić information content (AvgIpc) is 2.65. The summed E-state index contributed by atoms with van der Waals surface area (Å²) in [4.78, 5) is 17.5. The van der Waals surface area contributed by atoms with Gasteiger partial charge in [0.05, 0.1) is 6.04 Å². The lowest BCUT2D eigenvalue weighted by atomic mass is 9.84. The second-order valence-electron chi connectivity index (χ2n) is 7.49. The predicted molar refractivity (Wildman–Crippen MR) is 99.4 cm³/mol. The Balaban J connectivity index is 1.67. The molecule has 0 aliphatic carbocycles. The largest absolute Gasteiger partial charge is 0.396 e. The Morgan fingerprint density at radius 3 is 2.84 bits per heavy atom. The van der Waals surface area contributed by atoms with E-state index in [1.807, 2.05) is 18.2 Å². The van der Waals surface area contributed by atoms with Crippen LogP contribution < -0.4 is 5.32 Å². The van der Waals surface area contributed by atoms with Crippen LogP contribution in [0.2, 0.25) is 0 Å². The number of aliphatic hydroxyl groups excluding tert-OH is 1. The number of piperidine rings is 2. The summed E-state index contributed by atoms with van der Waals surface area (Å²) >= 11 is 0. The smallest absolute Gasteiger partial charge is 0.318 e. The van der Waals surface area contributed by atoms with Gasteiger partial charge in [-0.3, -0.25) is 0 Å². The zero-order valence-corrected chi connectivity index (χ0v) is 15.2. The van der Waals surface area contributed by atoms with Crippen LogP contribution >= 0.6 is 0 Å². The molecule has 0 aromatic heterocycles. The van der Waals surface area contributed by atoms with Crippen LogP contribution in [0.4, 0.5) is 4.79 Å². The normalized spacial score (nSPS) is 25.3. The first-order chi connectivity index (χ1) is 12.2. The minimum atomic E-state index is -0.0347. The summed E-state index contributed by atoms with van der Waals surface area (Å²) < 4.78 is 0. The molecule has 2 fully saturated rings. The quantitative estimate of drug-likeness (QED) is 0.862. The van der Waals surface area contributed by atoms with Gasteiger partial charge < -0.3 is 20.2 Å². The van der Waals surface area contributed by atoms with Crippen LogP contribution in [0.15, 0.2) is 30.3 Å². The summed E-state index contributed by atoms with van der Waals surface area (Å²) in [5.41, 5.74) is 1.11. The van der Waals surface area contributed by atoms with E-state index in [9.17, 15) is 9.90 Å². The number of hydrogen-bond donors (Lipinski definition) is 2. The fourth-order valence-electron chi connectivity index (χ4n) is 4.37. The van der Waals surface area contributed by atoms with E-state index in [0.29, 0.717) is 18.4 Å². The molecule has 3 rings (SSSR count). The standard InChI is InChI=1S/C20H31N3O2/c1-22-13-11-19-17(15-22)9-5-12-23(19)20(25)21-18(10-6-14-24)16-7-3-2-4-8-16/h2-4,7-8,17-19,24H,5-6,9-15H2,1H3,(H,21,25). The molecule has 0 spiro atoms. The maximum absolute atomic E-state index is 13.0. The van der Waals surface area contributed by atoms with Crippen LogP contribution in [0.5, 0.6) is 0 Å². The van der Waals surface area contributed by atoms with E-state index in [2.05, 4.69) is 34.3 Å². The number of carbonyl (C=O) groups is 1. The lowest BCUT2D eigenvalue weighted by Gasteiger charge is -2.46. The average molecular weight is 345 g/mol. The topological polar surface area (TPSA) is 55.8 Å². The molecule has 2 saturated heterocycles. The molecule has 0 radical (unpaired) electrons. The number of aliphatic hydroxyl groups is 1. The molecule has 2 aliphatic rings. The summed E-state index contributed by atoms with van der Waals surface area (Å²) in [7, 11) is 2.18. The van der Waals surface area contributed by atoms with Gasteiger partial charge in [-0.2, -0.15) is 0 Å². The van der Waals surface area contributed by atoms with E-state index in [4.69, 9.17) is 0 Å². The number of benzene rings is 1. The molecule has 3 unspecified atom stereocenters. The molecule has 1 aromatic rings. The number of urea groups is 1. The number of carbonyl (C=O) groups excluding carboxylic acids is 1. The fourth-order valence-corrected chi connectivity index (χ4v) is 4.37. The summed E-state index contributed by atoms with van der Waals surface area (Å²) in [6, 6.07) is 10.5. The van der Waals surface area contributed by atoms with Gasteiger partial charge in [-0.25, -0.2) is 4.79 Å². The van der Waals surface area contributed by atoms with Crippen molar-refractivity contribution in [3.8, 4) is 0 Å². The van der Waals surface area contributed by atoms with Crippen LogP contribution in [0.25, 0.3) is 0 Å². The monoisotopic (exact) mass is 345 g/mol. The molecular formula is C20H31N3O2. The van der Waals surface area contributed by atoms with Gasteiger partial charge in [0.2, 0.25) is 0 Å². The first kappa shape index (κ1) is 18.2. The number of rotatable bonds is 5. The highest BCUT2D eigenvalue weighted by Crippen LogP contribution is 2.30. The Morgan fingerprint density at radius 1 is 1.28 bits per heavy atom. The van der Waals surface area contributed by atoms with Gasteiger partial charge in [0.25, 0.3) is 0 Å². The SMILES string of the molecule is CN1CCC2C(CCCN2C(=O)NC(CCCO)c2ccccc2)C1. The Hall–Kier alpha value is -1.59. The van der Waals surface area contributed by atoms with Crippen molar-refractivity contribution in [2.75, 3.05) is 33.3 Å². The third-order valence-electron chi connectivity index (χ3n) is 5.68. The molecule has 2 N–H and O–H groups in total. The molecule has 2 amide bonds. The van der Waals surface area contributed by atoms with E-state index in [-0.39, 0.29) is 18.7 Å². The zero-order valence-electron chi connectivity index (χ0n) is 15.2. The van der Waals surface area contributed by atoms with E-state index in [1.54, 1.807) is 0 Å². The highest BCUT2D eigenvalue weighted by atomic mass is 16.3. The van der Waals surface area contributed by atoms with Gasteiger partial charge in [-0.05, 0) is 57.2 Å². The van der Waals surface area contributed by atoms with Crippen molar-refractivity contribution < 1.29 is 9.90 Å². The Kier molecular flexibility index (Phi) is 6.32. The fraction of sp³-hybridized carbons (Fsp3) is 0.650. The number of likely N-dealkylation sites (tertiary alicyclic amines) is 2. The van der Waals surface area contributed by atoms with Gasteiger partial charge in [0, 0.05) is 25.7 Å². The number of hydrogen-bond acceptors (Lipinski definition) is 3. The molecule has 0 saturated carbocycles. The van der Waals surface area contributed by atoms with Crippen molar-refractivity contribution in [2.24, 2.45) is 5.92 Å². The first-order valence-corrected chi connectivity index (χ1v) is 9.60. The summed E-state index contributed by atoms with van der Waals surface area (Å²) in [5, 5.41) is 12.4. The van der Waals surface area contributed by atoms with Crippen LogP contribution in [0.1, 0.15) is 43.7 Å². The molecule has 138 valence electrons. The molecule has 2 aliphatic heterocycles. The highest BCUT2D eigenvalue weighted by Gasteiger charge is 2.37. The van der Waals surface area contributed by atoms with E-state index in [1.165, 1.54) is 6.42 Å². The van der Waals surface area contributed by atoms with E-state index >= 15 is 0 Å². The van der Waals surface area contributed by atoms with Crippen molar-refractivity contribution in [1.82, 2.24) is 15.1 Å². The van der Waals surface area contributed by atoms with Crippen LogP contribution in [-0.2, 0) is 0 Å². The van der Waals surface area contributed by atoms with Crippen LogP contribution in [-0.4, -0.2) is 60.3 Å². The molecule has 25 heavy (non-hydrogen) atoms. The number of fused-ring (bicyclic) bond motifs is 1. The molecule has 5 nitrogen and oxygen atoms in total. The van der Waals surface area contributed by atoms with Crippen molar-refractivity contribution in [3.05, 3.63) is 35.9 Å². The second-order valence-corrected chi connectivity index (χ2v) is 7.49. The number of nitrogens with zero attached hydrogens (tertiary/aromatic N) is 2. The maximum atomic E-state index is 13.0. The third kappa shape index (κ3) is 4.53. The Bertz CT molecular complexity index is 551. The summed E-state index contributed by atoms with van der Waals surface area (Å²) in [6.45, 7) is 3.18. The lowest BCUT2D eigenvalue weighted by molar-refractivity contribution is 0.0521. The van der Waals surface area contributed by atoms with Crippen molar-refractivity contribution in [2.45, 2.75) is 44.2 Å². The van der Waals surface area contributed by atoms with Gasteiger partial charge in [-0.15, -0.1) is 0 Å². The number of amides is 2. The second kappa shape index (κ2) is 8.68. The molecule has 1 aromatic carbocycles. The number of nitrogens with one attached hydrogen (secondary N) is 1. The minimum absolute atomic E-state index is 0.0347. The molecule has 5 heteroatoms. The van der Waals surface area contributed by atoms with Crippen LogP contribution in [0.3, 0.4) is 0 Å². The molecule has 2 heterocycles. The minimum Gasteiger partial charge on any atom is -0.396 e. The maximum Gasteiger partial charge on any atom is 0.318 e. The summed E-state index contributed by atoms with van der Waals surface area (Å²) in [6.07, 6.45) is 4.84. The van der Waals surface area contributed by atoms with Crippen molar-refractivity contribution >= 4 is 6.03 Å². The van der Waals surface area contributed by atoms with Crippen LogP contribution in [0, 0.1) is 5.92 Å². The van der Waals surface area contributed by atoms with Gasteiger partial charge in [0.15, 0.2) is 0 Å². The highest BCUT2D eigenvalue weighted by molar-refractivity contribution is 5.75.